The predicted octanol–water partition coefficient (Wildman–Crippen LogP) is 1.74. The van der Waals surface area contributed by atoms with Crippen LogP contribution in [0.5, 0.6) is 0 Å². The summed E-state index contributed by atoms with van der Waals surface area (Å²) in [4.78, 5) is 0. The van der Waals surface area contributed by atoms with Crippen molar-refractivity contribution in [2.45, 2.75) is 18.5 Å². The summed E-state index contributed by atoms with van der Waals surface area (Å²) in [5.74, 6) is 0. The van der Waals surface area contributed by atoms with Gasteiger partial charge in [0.2, 0.25) is 0 Å². The summed E-state index contributed by atoms with van der Waals surface area (Å²) in [5.41, 5.74) is 0.731. The minimum absolute atomic E-state index is 0.334. The normalized spacial score (nSPS) is 25.5. The first-order chi connectivity index (χ1) is 6.59. The van der Waals surface area contributed by atoms with Crippen LogP contribution in [-0.4, -0.2) is 22.6 Å². The third kappa shape index (κ3) is 1.87. The zero-order valence-corrected chi connectivity index (χ0v) is 8.53. The molecule has 0 spiro atoms. The second kappa shape index (κ2) is 3.68. The van der Waals surface area contributed by atoms with Crippen molar-refractivity contribution in [3.63, 3.8) is 0 Å². The average Bonchev–Trinajstić information content (AvgIpc) is 2.83. The van der Waals surface area contributed by atoms with Crippen LogP contribution in [0.2, 0.25) is 10.0 Å². The lowest BCUT2D eigenvalue weighted by Gasteiger charge is -2.01. The molecule has 3 nitrogen and oxygen atoms in total. The van der Waals surface area contributed by atoms with E-state index >= 15 is 0 Å². The molecule has 1 fully saturated rings. The highest BCUT2D eigenvalue weighted by Gasteiger charge is 2.45. The number of ether oxygens (including phenoxy) is 1. The Balaban J connectivity index is 2.19. The van der Waals surface area contributed by atoms with Gasteiger partial charge in [0.15, 0.2) is 6.29 Å². The smallest absolute Gasteiger partial charge is 0.181 e. The van der Waals surface area contributed by atoms with Crippen molar-refractivity contribution in [2.24, 2.45) is 0 Å². The van der Waals surface area contributed by atoms with Crippen molar-refractivity contribution in [2.75, 3.05) is 0 Å². The minimum atomic E-state index is -1.47. The standard InChI is InChI=1S/C9H8Cl2O3/c10-4-1-2-5(6(11)3-4)7-8(14-7)9(12)13/h1-3,7-9,12-13H/t7-,8-/m1/s1. The van der Waals surface area contributed by atoms with E-state index in [2.05, 4.69) is 0 Å². The maximum absolute atomic E-state index is 8.83. The van der Waals surface area contributed by atoms with Crippen LogP contribution in [0.1, 0.15) is 11.7 Å². The van der Waals surface area contributed by atoms with Crippen molar-refractivity contribution in [1.82, 2.24) is 0 Å². The molecule has 0 saturated carbocycles. The number of benzene rings is 1. The van der Waals surface area contributed by atoms with Crippen molar-refractivity contribution in [1.29, 1.82) is 0 Å². The van der Waals surface area contributed by atoms with Crippen LogP contribution in [-0.2, 0) is 4.74 Å². The maximum Gasteiger partial charge on any atom is 0.181 e. The summed E-state index contributed by atoms with van der Waals surface area (Å²) in [6.45, 7) is 0. The SMILES string of the molecule is OC(O)[C@@H]1O[C@@H]1c1ccc(Cl)cc1Cl. The van der Waals surface area contributed by atoms with E-state index in [0.29, 0.717) is 10.0 Å². The molecule has 5 heteroatoms. The molecule has 2 atom stereocenters. The van der Waals surface area contributed by atoms with Crippen molar-refractivity contribution in [3.05, 3.63) is 33.8 Å². The summed E-state index contributed by atoms with van der Waals surface area (Å²) < 4.78 is 5.06. The van der Waals surface area contributed by atoms with Gasteiger partial charge in [-0.2, -0.15) is 0 Å². The lowest BCUT2D eigenvalue weighted by atomic mass is 10.1. The first-order valence-corrected chi connectivity index (χ1v) is 4.82. The Morgan fingerprint density at radius 2 is 2.00 bits per heavy atom. The molecule has 0 bridgehead atoms. The molecule has 1 aliphatic rings. The Kier molecular flexibility index (Phi) is 2.68. The van der Waals surface area contributed by atoms with Crippen molar-refractivity contribution in [3.8, 4) is 0 Å². The quantitative estimate of drug-likeness (QED) is 0.606. The topological polar surface area (TPSA) is 53.0 Å². The summed E-state index contributed by atoms with van der Waals surface area (Å²) in [6.07, 6.45) is -2.37. The number of rotatable bonds is 2. The van der Waals surface area contributed by atoms with Gasteiger partial charge in [-0.05, 0) is 12.1 Å². The maximum atomic E-state index is 8.83. The van der Waals surface area contributed by atoms with Crippen LogP contribution < -0.4 is 0 Å². The van der Waals surface area contributed by atoms with Crippen molar-refractivity contribution >= 4 is 23.2 Å². The molecule has 0 radical (unpaired) electrons. The molecule has 2 rings (SSSR count). The molecule has 76 valence electrons. The fourth-order valence-corrected chi connectivity index (χ4v) is 1.85. The summed E-state index contributed by atoms with van der Waals surface area (Å²) in [6, 6.07) is 5.00. The van der Waals surface area contributed by atoms with Crippen LogP contribution in [0.3, 0.4) is 0 Å². The first-order valence-electron chi connectivity index (χ1n) is 4.06. The van der Waals surface area contributed by atoms with E-state index in [9.17, 15) is 0 Å². The second-order valence-electron chi connectivity index (χ2n) is 3.10. The van der Waals surface area contributed by atoms with Gasteiger partial charge >= 0.3 is 0 Å². The average molecular weight is 235 g/mol. The van der Waals surface area contributed by atoms with E-state index in [1.54, 1.807) is 18.2 Å². The van der Waals surface area contributed by atoms with Gasteiger partial charge in [-0.15, -0.1) is 0 Å². The second-order valence-corrected chi connectivity index (χ2v) is 3.94. The van der Waals surface area contributed by atoms with Crippen LogP contribution in [0.4, 0.5) is 0 Å². The molecule has 14 heavy (non-hydrogen) atoms. The molecule has 0 aliphatic carbocycles. The molecule has 1 aromatic rings. The molecule has 2 N–H and O–H groups in total. The van der Waals surface area contributed by atoms with Crippen LogP contribution >= 0.6 is 23.2 Å². The summed E-state index contributed by atoms with van der Waals surface area (Å²) >= 11 is 11.6. The molecule has 0 amide bonds. The van der Waals surface area contributed by atoms with Crippen LogP contribution in [0.25, 0.3) is 0 Å². The Morgan fingerprint density at radius 1 is 1.29 bits per heavy atom. The monoisotopic (exact) mass is 234 g/mol. The Bertz CT molecular complexity index is 354. The Hall–Kier alpha value is -0.320. The van der Waals surface area contributed by atoms with Crippen LogP contribution in [0, 0.1) is 0 Å². The molecule has 1 heterocycles. The van der Waals surface area contributed by atoms with E-state index in [4.69, 9.17) is 38.2 Å². The first kappa shape index (κ1) is 10.2. The number of aliphatic hydroxyl groups excluding tert-OH is 1. The number of hydrogen-bond donors (Lipinski definition) is 2. The fraction of sp³-hybridized carbons (Fsp3) is 0.333. The molecular formula is C9H8Cl2O3. The van der Waals surface area contributed by atoms with Gasteiger partial charge in [0.25, 0.3) is 0 Å². The zero-order valence-electron chi connectivity index (χ0n) is 7.02. The largest absolute Gasteiger partial charge is 0.366 e. The van der Waals surface area contributed by atoms with E-state index in [1.165, 1.54) is 0 Å². The van der Waals surface area contributed by atoms with Gasteiger partial charge in [0.05, 0.1) is 0 Å². The summed E-state index contributed by atoms with van der Waals surface area (Å²) in [5, 5.41) is 18.7. The third-order valence-electron chi connectivity index (χ3n) is 2.09. The highest BCUT2D eigenvalue weighted by Crippen LogP contribution is 2.43. The van der Waals surface area contributed by atoms with Gasteiger partial charge in [-0.3, -0.25) is 0 Å². The number of epoxide rings is 1. The van der Waals surface area contributed by atoms with Crippen molar-refractivity contribution < 1.29 is 14.9 Å². The Morgan fingerprint density at radius 3 is 2.50 bits per heavy atom. The number of halogens is 2. The van der Waals surface area contributed by atoms with E-state index in [1.807, 2.05) is 0 Å². The lowest BCUT2D eigenvalue weighted by molar-refractivity contribution is -0.0582. The zero-order chi connectivity index (χ0) is 10.3. The van der Waals surface area contributed by atoms with Crippen LogP contribution in [0.15, 0.2) is 18.2 Å². The van der Waals surface area contributed by atoms with E-state index in [0.717, 1.165) is 5.56 Å². The summed E-state index contributed by atoms with van der Waals surface area (Å²) in [7, 11) is 0. The molecule has 1 aliphatic heterocycles. The Labute approximate surface area is 90.8 Å². The highest BCUT2D eigenvalue weighted by molar-refractivity contribution is 6.35. The molecule has 0 unspecified atom stereocenters. The lowest BCUT2D eigenvalue weighted by Crippen LogP contribution is -2.13. The molecular weight excluding hydrogens is 227 g/mol. The fourth-order valence-electron chi connectivity index (χ4n) is 1.33. The molecule has 1 saturated heterocycles. The number of aliphatic hydroxyl groups is 2. The minimum Gasteiger partial charge on any atom is -0.366 e. The van der Waals surface area contributed by atoms with Gasteiger partial charge in [0, 0.05) is 15.6 Å². The number of hydrogen-bond acceptors (Lipinski definition) is 3. The highest BCUT2D eigenvalue weighted by atomic mass is 35.5. The molecule has 1 aromatic carbocycles. The van der Waals surface area contributed by atoms with Gasteiger partial charge < -0.3 is 14.9 Å². The molecule has 0 aromatic heterocycles. The van der Waals surface area contributed by atoms with Gasteiger partial charge in [-0.1, -0.05) is 29.3 Å². The van der Waals surface area contributed by atoms with E-state index < -0.39 is 12.4 Å². The van der Waals surface area contributed by atoms with Gasteiger partial charge in [0.1, 0.15) is 12.2 Å². The predicted molar refractivity (Wildman–Crippen MR) is 52.3 cm³/mol. The van der Waals surface area contributed by atoms with E-state index in [-0.39, 0.29) is 6.10 Å². The van der Waals surface area contributed by atoms with Gasteiger partial charge in [-0.25, -0.2) is 0 Å². The third-order valence-corrected chi connectivity index (χ3v) is 2.65.